The molecular formula is C27H30BrNO4. The van der Waals surface area contributed by atoms with Crippen LogP contribution < -0.4 is 0 Å². The van der Waals surface area contributed by atoms with Gasteiger partial charge in [0, 0.05) is 24.7 Å². The van der Waals surface area contributed by atoms with Crippen LogP contribution in [0.2, 0.25) is 0 Å². The fourth-order valence-electron chi connectivity index (χ4n) is 7.24. The first-order valence-electron chi connectivity index (χ1n) is 11.9. The molecule has 5 nitrogen and oxygen atoms in total. The Morgan fingerprint density at radius 3 is 2.61 bits per heavy atom. The molecule has 1 aromatic carbocycles. The molecule has 1 aromatic rings. The fourth-order valence-corrected chi connectivity index (χ4v) is 7.88. The highest BCUT2D eigenvalue weighted by molar-refractivity contribution is 9.12. The third-order valence-electron chi connectivity index (χ3n) is 8.61. The molecule has 2 unspecified atom stereocenters. The Balaban J connectivity index is 1.64. The number of carbonyl (C=O) groups excluding carboxylic acids is 2. The van der Waals surface area contributed by atoms with E-state index in [2.05, 4.69) is 40.1 Å². The van der Waals surface area contributed by atoms with Crippen LogP contribution in [-0.4, -0.2) is 29.3 Å². The van der Waals surface area contributed by atoms with Gasteiger partial charge < -0.3 is 9.94 Å². The molecule has 0 saturated heterocycles. The highest BCUT2D eigenvalue weighted by Gasteiger charge is 2.58. The van der Waals surface area contributed by atoms with Crippen LogP contribution in [0.25, 0.3) is 0 Å². The normalized spacial score (nSPS) is 33.7. The molecule has 0 amide bonds. The molecule has 6 heteroatoms. The lowest BCUT2D eigenvalue weighted by atomic mass is 9.53. The summed E-state index contributed by atoms with van der Waals surface area (Å²) in [6, 6.07) is 8.24. The van der Waals surface area contributed by atoms with Gasteiger partial charge in [0.15, 0.2) is 5.78 Å². The summed E-state index contributed by atoms with van der Waals surface area (Å²) in [5, 5.41) is 12.0. The second-order valence-corrected chi connectivity index (χ2v) is 11.0. The van der Waals surface area contributed by atoms with E-state index in [0.717, 1.165) is 48.6 Å². The van der Waals surface area contributed by atoms with E-state index in [1.54, 1.807) is 0 Å². The molecule has 33 heavy (non-hydrogen) atoms. The average molecular weight is 512 g/mol. The van der Waals surface area contributed by atoms with Crippen molar-refractivity contribution in [3.8, 4) is 0 Å². The second-order valence-electron chi connectivity index (χ2n) is 10.3. The molecule has 2 fully saturated rings. The number of hydrogen-bond donors (Lipinski definition) is 1. The van der Waals surface area contributed by atoms with E-state index in [-0.39, 0.29) is 29.2 Å². The first-order chi connectivity index (χ1) is 15.8. The van der Waals surface area contributed by atoms with Crippen LogP contribution in [0, 0.1) is 17.3 Å². The summed E-state index contributed by atoms with van der Waals surface area (Å²) in [4.78, 5) is 24.3. The number of benzene rings is 1. The number of fused-ring (bicyclic) bond motifs is 4. The zero-order valence-corrected chi connectivity index (χ0v) is 20.7. The van der Waals surface area contributed by atoms with Crippen LogP contribution in [0.15, 0.2) is 50.6 Å². The van der Waals surface area contributed by atoms with Gasteiger partial charge in [0.05, 0.1) is 10.7 Å². The smallest absolute Gasteiger partial charge is 0.302 e. The van der Waals surface area contributed by atoms with Gasteiger partial charge in [-0.25, -0.2) is 0 Å². The van der Waals surface area contributed by atoms with E-state index in [1.165, 1.54) is 35.4 Å². The zero-order chi connectivity index (χ0) is 23.3. The first-order valence-corrected chi connectivity index (χ1v) is 12.7. The summed E-state index contributed by atoms with van der Waals surface area (Å²) in [5.74, 6) is 1.16. The Morgan fingerprint density at radius 1 is 1.15 bits per heavy atom. The topological polar surface area (TPSA) is 76.0 Å². The van der Waals surface area contributed by atoms with Crippen molar-refractivity contribution in [2.45, 2.75) is 70.8 Å². The number of carbonyl (C=O) groups is 2. The fraction of sp³-hybridized carbons (Fsp3) is 0.519. The molecule has 174 valence electrons. The molecule has 0 aromatic heterocycles. The first kappa shape index (κ1) is 22.6. The van der Waals surface area contributed by atoms with E-state index in [1.807, 2.05) is 12.1 Å². The van der Waals surface area contributed by atoms with Crippen LogP contribution in [0.4, 0.5) is 0 Å². The number of ketones is 1. The summed E-state index contributed by atoms with van der Waals surface area (Å²) in [5.41, 5.74) is 6.13. The number of hydrogen-bond acceptors (Lipinski definition) is 5. The number of ether oxygens (including phenoxy) is 1. The van der Waals surface area contributed by atoms with Crippen molar-refractivity contribution >= 4 is 33.9 Å². The molecule has 0 heterocycles. The molecule has 4 aliphatic rings. The van der Waals surface area contributed by atoms with Crippen molar-refractivity contribution in [2.75, 3.05) is 0 Å². The quantitative estimate of drug-likeness (QED) is 0.232. The SMILES string of the molecule is CC(=O)O[C@H]1CCC2C3CCC4=C(Br)C(=O)CCC4=C3[C@@H](c3ccc(/C=N/O)cc3)C[C@@]21C. The van der Waals surface area contributed by atoms with Crippen LogP contribution in [0.1, 0.15) is 75.8 Å². The van der Waals surface area contributed by atoms with Crippen LogP contribution in [0.3, 0.4) is 0 Å². The lowest BCUT2D eigenvalue weighted by Gasteiger charge is -2.52. The molecular weight excluding hydrogens is 482 g/mol. The standard InChI is InChI=1S/C27H30BrNO4/c1-15(30)33-24-12-10-22-20-8-7-19-18(9-11-23(31)26(19)28)25(20)21(13-27(22,24)2)17-5-3-16(4-6-17)14-29-32/h3-6,14,20-22,24,32H,7-13H2,1-2H3/b29-14+/t20?,21-,22?,24+,27+/m1/s1. The Labute approximate surface area is 203 Å². The van der Waals surface area contributed by atoms with Gasteiger partial charge in [0.1, 0.15) is 6.10 Å². The van der Waals surface area contributed by atoms with Gasteiger partial charge >= 0.3 is 5.97 Å². The van der Waals surface area contributed by atoms with Crippen molar-refractivity contribution in [1.82, 2.24) is 0 Å². The van der Waals surface area contributed by atoms with Gasteiger partial charge in [-0.1, -0.05) is 41.9 Å². The molecule has 2 saturated carbocycles. The number of oxime groups is 1. The van der Waals surface area contributed by atoms with Crippen LogP contribution in [0.5, 0.6) is 0 Å². The van der Waals surface area contributed by atoms with Gasteiger partial charge in [-0.2, -0.15) is 0 Å². The van der Waals surface area contributed by atoms with Crippen molar-refractivity contribution in [1.29, 1.82) is 0 Å². The maximum Gasteiger partial charge on any atom is 0.302 e. The Kier molecular flexibility index (Phi) is 5.84. The predicted molar refractivity (Wildman–Crippen MR) is 130 cm³/mol. The molecule has 5 atom stereocenters. The largest absolute Gasteiger partial charge is 0.462 e. The highest BCUT2D eigenvalue weighted by atomic mass is 79.9. The third-order valence-corrected chi connectivity index (χ3v) is 9.53. The van der Waals surface area contributed by atoms with Gasteiger partial charge in [0.25, 0.3) is 0 Å². The minimum atomic E-state index is -0.196. The number of allylic oxidation sites excluding steroid dienone is 4. The summed E-state index contributed by atoms with van der Waals surface area (Å²) in [7, 11) is 0. The van der Waals surface area contributed by atoms with E-state index in [9.17, 15) is 9.59 Å². The maximum atomic E-state index is 12.4. The Bertz CT molecular complexity index is 1090. The lowest BCUT2D eigenvalue weighted by Crippen LogP contribution is -2.46. The molecule has 0 spiro atoms. The van der Waals surface area contributed by atoms with E-state index in [4.69, 9.17) is 9.94 Å². The number of rotatable bonds is 3. The predicted octanol–water partition coefficient (Wildman–Crippen LogP) is 6.05. The zero-order valence-electron chi connectivity index (χ0n) is 19.1. The van der Waals surface area contributed by atoms with Crippen molar-refractivity contribution in [3.63, 3.8) is 0 Å². The molecule has 1 N–H and O–H groups in total. The Morgan fingerprint density at radius 2 is 1.91 bits per heavy atom. The van der Waals surface area contributed by atoms with E-state index >= 15 is 0 Å². The minimum absolute atomic E-state index is 0.0496. The molecule has 0 aliphatic heterocycles. The number of nitrogens with zero attached hydrogens (tertiary/aromatic N) is 1. The number of esters is 1. The van der Waals surface area contributed by atoms with Crippen LogP contribution in [-0.2, 0) is 14.3 Å². The van der Waals surface area contributed by atoms with Crippen molar-refractivity contribution in [2.24, 2.45) is 22.4 Å². The summed E-state index contributed by atoms with van der Waals surface area (Å²) >= 11 is 3.62. The highest BCUT2D eigenvalue weighted by Crippen LogP contribution is 2.64. The Hall–Kier alpha value is -2.21. The summed E-state index contributed by atoms with van der Waals surface area (Å²) in [6.07, 6.45) is 7.66. The number of halogens is 1. The van der Waals surface area contributed by atoms with Crippen LogP contribution >= 0.6 is 15.9 Å². The van der Waals surface area contributed by atoms with Gasteiger partial charge in [-0.05, 0) is 88.6 Å². The molecule has 0 bridgehead atoms. The van der Waals surface area contributed by atoms with E-state index < -0.39 is 0 Å². The second kappa shape index (κ2) is 8.53. The van der Waals surface area contributed by atoms with Gasteiger partial charge in [0.2, 0.25) is 0 Å². The minimum Gasteiger partial charge on any atom is -0.462 e. The molecule has 0 radical (unpaired) electrons. The lowest BCUT2D eigenvalue weighted by molar-refractivity contribution is -0.154. The van der Waals surface area contributed by atoms with Gasteiger partial charge in [-0.15, -0.1) is 0 Å². The van der Waals surface area contributed by atoms with Crippen molar-refractivity contribution in [3.05, 3.63) is 56.6 Å². The molecule has 5 rings (SSSR count). The van der Waals surface area contributed by atoms with Gasteiger partial charge in [-0.3, -0.25) is 9.59 Å². The molecule has 4 aliphatic carbocycles. The van der Waals surface area contributed by atoms with E-state index in [0.29, 0.717) is 18.3 Å². The third kappa shape index (κ3) is 3.71. The summed E-state index contributed by atoms with van der Waals surface area (Å²) < 4.78 is 6.65. The maximum absolute atomic E-state index is 12.4. The summed E-state index contributed by atoms with van der Waals surface area (Å²) in [6.45, 7) is 3.84. The number of Topliss-reactive ketones (excluding diaryl/α,β-unsaturated/α-hetero) is 1. The monoisotopic (exact) mass is 511 g/mol. The average Bonchev–Trinajstić information content (AvgIpc) is 3.11. The van der Waals surface area contributed by atoms with Crippen molar-refractivity contribution < 1.29 is 19.5 Å².